The molecule has 0 atom stereocenters. The van der Waals surface area contributed by atoms with Crippen molar-refractivity contribution in [1.82, 2.24) is 4.98 Å². The third kappa shape index (κ3) is 1.28. The van der Waals surface area contributed by atoms with Gasteiger partial charge in [0, 0.05) is 17.2 Å². The molecule has 0 fully saturated rings. The molecule has 1 aliphatic rings. The molecule has 17 heavy (non-hydrogen) atoms. The Morgan fingerprint density at radius 2 is 1.82 bits per heavy atom. The summed E-state index contributed by atoms with van der Waals surface area (Å²) < 4.78 is 0. The smallest absolute Gasteiger partial charge is 0.248 e. The third-order valence-corrected chi connectivity index (χ3v) is 2.96. The number of hydrogen-bond donors (Lipinski definition) is 2. The quantitative estimate of drug-likeness (QED) is 0.653. The van der Waals surface area contributed by atoms with E-state index in [1.807, 2.05) is 12.1 Å². The summed E-state index contributed by atoms with van der Waals surface area (Å²) in [7, 11) is 0. The predicted octanol–water partition coefficient (Wildman–Crippen LogP) is 1.08. The molecule has 0 radical (unpaired) electrons. The van der Waals surface area contributed by atoms with E-state index in [2.05, 4.69) is 4.98 Å². The zero-order valence-corrected chi connectivity index (χ0v) is 8.86. The molecule has 1 aliphatic carbocycles. The highest BCUT2D eigenvalue weighted by Gasteiger charge is 2.29. The van der Waals surface area contributed by atoms with Crippen molar-refractivity contribution in [2.75, 3.05) is 0 Å². The molecule has 0 aliphatic heterocycles. The van der Waals surface area contributed by atoms with Gasteiger partial charge in [-0.25, -0.2) is 0 Å². The minimum Gasteiger partial charge on any atom is -0.392 e. The van der Waals surface area contributed by atoms with Crippen molar-refractivity contribution in [3.05, 3.63) is 57.5 Å². The zero-order chi connectivity index (χ0) is 12.0. The van der Waals surface area contributed by atoms with Crippen LogP contribution in [-0.4, -0.2) is 15.9 Å². The van der Waals surface area contributed by atoms with Crippen LogP contribution in [0.5, 0.6) is 0 Å². The molecule has 1 aromatic carbocycles. The second-order valence-electron chi connectivity index (χ2n) is 3.94. The molecular weight excluding hydrogens is 218 g/mol. The van der Waals surface area contributed by atoms with Gasteiger partial charge in [0.05, 0.1) is 12.3 Å². The summed E-state index contributed by atoms with van der Waals surface area (Å²) in [5.41, 5.74) is 2.39. The van der Waals surface area contributed by atoms with Gasteiger partial charge in [0.15, 0.2) is 0 Å². The summed E-state index contributed by atoms with van der Waals surface area (Å²) in [6.07, 6.45) is 0. The van der Waals surface area contributed by atoms with Crippen LogP contribution in [0, 0.1) is 0 Å². The van der Waals surface area contributed by atoms with Gasteiger partial charge in [0.2, 0.25) is 11.3 Å². The first kappa shape index (κ1) is 9.99. The molecule has 0 unspecified atom stereocenters. The molecule has 1 aromatic heterocycles. The number of carbonyl (C=O) groups is 1. The lowest BCUT2D eigenvalue weighted by molar-refractivity contribution is 0.103. The van der Waals surface area contributed by atoms with Crippen LogP contribution in [0.3, 0.4) is 0 Å². The van der Waals surface area contributed by atoms with Gasteiger partial charge in [-0.1, -0.05) is 24.3 Å². The summed E-state index contributed by atoms with van der Waals surface area (Å²) >= 11 is 0. The van der Waals surface area contributed by atoms with Gasteiger partial charge in [-0.15, -0.1) is 0 Å². The lowest BCUT2D eigenvalue weighted by atomic mass is 10.0. The Labute approximate surface area is 96.5 Å². The van der Waals surface area contributed by atoms with Gasteiger partial charge < -0.3 is 10.1 Å². The summed E-state index contributed by atoms with van der Waals surface area (Å²) in [5, 5.41) is 9.27. The summed E-state index contributed by atoms with van der Waals surface area (Å²) in [6.45, 7) is -0.256. The van der Waals surface area contributed by atoms with E-state index in [0.717, 1.165) is 5.56 Å². The molecule has 2 N–H and O–H groups in total. The molecular formula is C13H9NO3. The van der Waals surface area contributed by atoms with Crippen molar-refractivity contribution in [1.29, 1.82) is 0 Å². The van der Waals surface area contributed by atoms with E-state index in [4.69, 9.17) is 0 Å². The fourth-order valence-corrected chi connectivity index (χ4v) is 2.25. The number of H-pyrrole nitrogens is 1. The van der Waals surface area contributed by atoms with Crippen molar-refractivity contribution < 1.29 is 9.90 Å². The van der Waals surface area contributed by atoms with Crippen LogP contribution >= 0.6 is 0 Å². The average molecular weight is 227 g/mol. The Kier molecular flexibility index (Phi) is 2.00. The first-order chi connectivity index (χ1) is 8.22. The Bertz CT molecular complexity index is 685. The Balaban J connectivity index is 2.44. The highest BCUT2D eigenvalue weighted by atomic mass is 16.3. The van der Waals surface area contributed by atoms with Crippen molar-refractivity contribution in [2.24, 2.45) is 0 Å². The van der Waals surface area contributed by atoms with E-state index in [-0.39, 0.29) is 23.6 Å². The second kappa shape index (κ2) is 3.40. The Morgan fingerprint density at radius 3 is 2.53 bits per heavy atom. The summed E-state index contributed by atoms with van der Waals surface area (Å²) in [4.78, 5) is 26.0. The molecule has 0 bridgehead atoms. The number of ketones is 1. The number of aliphatic hydroxyl groups excluding tert-OH is 1. The maximum atomic E-state index is 12.1. The SMILES string of the molecule is O=C1c2ccccc2-c2c(CO)cc(=O)[nH]c21. The van der Waals surface area contributed by atoms with Crippen LogP contribution in [0.25, 0.3) is 11.1 Å². The number of aromatic nitrogens is 1. The number of fused-ring (bicyclic) bond motifs is 3. The van der Waals surface area contributed by atoms with Gasteiger partial charge in [-0.05, 0) is 11.1 Å². The molecule has 4 heteroatoms. The number of benzene rings is 1. The van der Waals surface area contributed by atoms with E-state index in [1.54, 1.807) is 12.1 Å². The number of nitrogens with one attached hydrogen (secondary N) is 1. The number of aliphatic hydroxyl groups is 1. The minimum atomic E-state index is -0.367. The maximum absolute atomic E-state index is 12.1. The van der Waals surface area contributed by atoms with Crippen LogP contribution in [0.1, 0.15) is 21.6 Å². The van der Waals surface area contributed by atoms with E-state index in [1.165, 1.54) is 6.07 Å². The van der Waals surface area contributed by atoms with E-state index < -0.39 is 0 Å². The first-order valence-electron chi connectivity index (χ1n) is 5.23. The molecule has 0 saturated carbocycles. The highest BCUT2D eigenvalue weighted by Crippen LogP contribution is 2.36. The number of aromatic amines is 1. The van der Waals surface area contributed by atoms with E-state index in [9.17, 15) is 14.7 Å². The molecule has 0 spiro atoms. The second-order valence-corrected chi connectivity index (χ2v) is 3.94. The van der Waals surface area contributed by atoms with Crippen LogP contribution in [0.2, 0.25) is 0 Å². The van der Waals surface area contributed by atoms with Crippen molar-refractivity contribution in [3.8, 4) is 11.1 Å². The lowest BCUT2D eigenvalue weighted by Gasteiger charge is -2.04. The van der Waals surface area contributed by atoms with Gasteiger partial charge in [0.25, 0.3) is 0 Å². The number of rotatable bonds is 1. The van der Waals surface area contributed by atoms with Gasteiger partial charge in [-0.2, -0.15) is 0 Å². The predicted molar refractivity (Wildman–Crippen MR) is 61.9 cm³/mol. The molecule has 3 rings (SSSR count). The summed E-state index contributed by atoms with van der Waals surface area (Å²) in [5.74, 6) is -0.192. The van der Waals surface area contributed by atoms with Crippen molar-refractivity contribution in [2.45, 2.75) is 6.61 Å². The maximum Gasteiger partial charge on any atom is 0.248 e. The molecule has 2 aromatic rings. The Morgan fingerprint density at radius 1 is 1.12 bits per heavy atom. The van der Waals surface area contributed by atoms with Crippen molar-refractivity contribution in [3.63, 3.8) is 0 Å². The Hall–Kier alpha value is -2.20. The van der Waals surface area contributed by atoms with Gasteiger partial charge >= 0.3 is 0 Å². The normalized spacial score (nSPS) is 12.4. The lowest BCUT2D eigenvalue weighted by Crippen LogP contribution is -2.12. The average Bonchev–Trinajstić information content (AvgIpc) is 2.63. The monoisotopic (exact) mass is 227 g/mol. The standard InChI is InChI=1S/C13H9NO3/c15-6-7-5-10(16)14-12-11(7)8-3-1-2-4-9(8)13(12)17/h1-5,15H,6H2,(H,14,16). The number of pyridine rings is 1. The number of carbonyl (C=O) groups excluding carboxylic acids is 1. The summed E-state index contributed by atoms with van der Waals surface area (Å²) in [6, 6.07) is 8.47. The molecule has 0 amide bonds. The number of hydrogen-bond acceptors (Lipinski definition) is 3. The third-order valence-electron chi connectivity index (χ3n) is 2.96. The fourth-order valence-electron chi connectivity index (χ4n) is 2.25. The van der Waals surface area contributed by atoms with Crippen LogP contribution in [-0.2, 0) is 6.61 Å². The topological polar surface area (TPSA) is 70.2 Å². The van der Waals surface area contributed by atoms with Crippen LogP contribution < -0.4 is 5.56 Å². The minimum absolute atomic E-state index is 0.192. The fraction of sp³-hybridized carbons (Fsp3) is 0.0769. The molecule has 4 nitrogen and oxygen atoms in total. The van der Waals surface area contributed by atoms with Gasteiger partial charge in [-0.3, -0.25) is 9.59 Å². The van der Waals surface area contributed by atoms with Gasteiger partial charge in [0.1, 0.15) is 0 Å². The van der Waals surface area contributed by atoms with E-state index in [0.29, 0.717) is 16.7 Å². The van der Waals surface area contributed by atoms with Crippen LogP contribution in [0.4, 0.5) is 0 Å². The molecule has 1 heterocycles. The van der Waals surface area contributed by atoms with Crippen LogP contribution in [0.15, 0.2) is 35.1 Å². The highest BCUT2D eigenvalue weighted by molar-refractivity contribution is 6.20. The molecule has 84 valence electrons. The largest absolute Gasteiger partial charge is 0.392 e. The first-order valence-corrected chi connectivity index (χ1v) is 5.23. The van der Waals surface area contributed by atoms with Crippen molar-refractivity contribution >= 4 is 5.78 Å². The zero-order valence-electron chi connectivity index (χ0n) is 8.86. The van der Waals surface area contributed by atoms with E-state index >= 15 is 0 Å². The molecule has 0 saturated heterocycles.